The Balaban J connectivity index is 1.86. The van der Waals surface area contributed by atoms with E-state index in [2.05, 4.69) is 20.0 Å². The molecule has 3 aromatic rings. The fraction of sp³-hybridized carbons (Fsp3) is 0.286. The molecule has 3 N–H and O–H groups in total. The van der Waals surface area contributed by atoms with E-state index in [1.807, 2.05) is 13.8 Å². The van der Waals surface area contributed by atoms with Gasteiger partial charge in [-0.2, -0.15) is 0 Å². The molecule has 10 nitrogen and oxygen atoms in total. The molecule has 0 spiro atoms. The van der Waals surface area contributed by atoms with Crippen LogP contribution in [-0.2, 0) is 14.8 Å². The van der Waals surface area contributed by atoms with Crippen LogP contribution in [0.5, 0.6) is 5.75 Å². The molecular weight excluding hydrogens is 470 g/mol. The number of hydrogen-bond acceptors (Lipinski definition) is 7. The van der Waals surface area contributed by atoms with E-state index in [4.69, 9.17) is 16.3 Å². The maximum Gasteiger partial charge on any atom is 0.299 e. The third-order valence-electron chi connectivity index (χ3n) is 4.47. The first-order chi connectivity index (χ1) is 15.6. The molecule has 0 saturated heterocycles. The number of aryl methyl sites for hydroxylation is 1. The Hall–Kier alpha value is -2.99. The number of phenolic OH excluding ortho intramolecular Hbond substituents is 1. The SMILES string of the molecule is Cc1[nH]n(-c2cccc(Cl)c2)c(=O)c1N=Nc1cc(S(=O)(=O)NCCOC(C)C)ccc1O. The largest absolute Gasteiger partial charge is 0.506 e. The van der Waals surface area contributed by atoms with Crippen LogP contribution in [0.1, 0.15) is 19.5 Å². The summed E-state index contributed by atoms with van der Waals surface area (Å²) in [6.45, 7) is 5.64. The number of aromatic amines is 1. The van der Waals surface area contributed by atoms with Crippen molar-refractivity contribution >= 4 is 33.0 Å². The quantitative estimate of drug-likeness (QED) is 0.306. The first-order valence-electron chi connectivity index (χ1n) is 10.0. The number of ether oxygens (including phenoxy) is 1. The minimum Gasteiger partial charge on any atom is -0.506 e. The predicted molar refractivity (Wildman–Crippen MR) is 125 cm³/mol. The van der Waals surface area contributed by atoms with E-state index in [0.717, 1.165) is 0 Å². The van der Waals surface area contributed by atoms with Crippen molar-refractivity contribution in [3.63, 3.8) is 0 Å². The number of benzene rings is 2. The molecule has 0 atom stereocenters. The summed E-state index contributed by atoms with van der Waals surface area (Å²) in [4.78, 5) is 12.7. The fourth-order valence-corrected chi connectivity index (χ4v) is 4.08. The van der Waals surface area contributed by atoms with Gasteiger partial charge in [0.2, 0.25) is 10.0 Å². The number of aromatic hydroxyl groups is 1. The highest BCUT2D eigenvalue weighted by Gasteiger charge is 2.17. The van der Waals surface area contributed by atoms with Crippen LogP contribution in [-0.4, -0.2) is 42.6 Å². The van der Waals surface area contributed by atoms with Crippen LogP contribution in [0.4, 0.5) is 11.4 Å². The van der Waals surface area contributed by atoms with Crippen molar-refractivity contribution in [1.29, 1.82) is 0 Å². The molecule has 2 aromatic carbocycles. The maximum absolute atomic E-state index is 12.8. The van der Waals surface area contributed by atoms with Crippen LogP contribution in [0.2, 0.25) is 5.02 Å². The Morgan fingerprint density at radius 2 is 1.97 bits per heavy atom. The van der Waals surface area contributed by atoms with E-state index < -0.39 is 15.6 Å². The molecular formula is C21H24ClN5O5S. The number of nitrogens with one attached hydrogen (secondary N) is 2. The molecule has 0 fully saturated rings. The number of rotatable bonds is 9. The molecule has 1 heterocycles. The summed E-state index contributed by atoms with van der Waals surface area (Å²) in [5.41, 5.74) is 0.366. The number of azo groups is 1. The number of H-pyrrole nitrogens is 1. The number of nitrogens with zero attached hydrogens (tertiary/aromatic N) is 3. The highest BCUT2D eigenvalue weighted by molar-refractivity contribution is 7.89. The van der Waals surface area contributed by atoms with Crippen LogP contribution >= 0.6 is 11.6 Å². The van der Waals surface area contributed by atoms with Crippen molar-refractivity contribution in [2.75, 3.05) is 13.2 Å². The first kappa shape index (κ1) is 24.6. The van der Waals surface area contributed by atoms with Gasteiger partial charge in [0.1, 0.15) is 11.4 Å². The van der Waals surface area contributed by atoms with Crippen LogP contribution in [0.3, 0.4) is 0 Å². The maximum atomic E-state index is 12.8. The van der Waals surface area contributed by atoms with Gasteiger partial charge in [-0.25, -0.2) is 17.8 Å². The molecule has 0 bridgehead atoms. The normalized spacial score (nSPS) is 12.2. The predicted octanol–water partition coefficient (Wildman–Crippen LogP) is 3.95. The van der Waals surface area contributed by atoms with E-state index in [9.17, 15) is 18.3 Å². The lowest BCUT2D eigenvalue weighted by molar-refractivity contribution is 0.0834. The summed E-state index contributed by atoms with van der Waals surface area (Å²) in [6.07, 6.45) is -0.0180. The molecule has 0 aliphatic heterocycles. The molecule has 0 unspecified atom stereocenters. The number of sulfonamides is 1. The summed E-state index contributed by atoms with van der Waals surface area (Å²) >= 11 is 6.00. The van der Waals surface area contributed by atoms with Gasteiger partial charge in [-0.15, -0.1) is 10.2 Å². The second-order valence-corrected chi connectivity index (χ2v) is 9.58. The lowest BCUT2D eigenvalue weighted by atomic mass is 10.3. The van der Waals surface area contributed by atoms with Crippen molar-refractivity contribution in [3.8, 4) is 11.4 Å². The number of aromatic nitrogens is 2. The Labute approximate surface area is 195 Å². The van der Waals surface area contributed by atoms with Gasteiger partial charge in [-0.05, 0) is 57.2 Å². The topological polar surface area (TPSA) is 138 Å². The van der Waals surface area contributed by atoms with Gasteiger partial charge in [0.05, 0.1) is 29.0 Å². The number of hydrogen-bond donors (Lipinski definition) is 3. The van der Waals surface area contributed by atoms with Crippen molar-refractivity contribution in [1.82, 2.24) is 14.5 Å². The third kappa shape index (κ3) is 6.08. The summed E-state index contributed by atoms with van der Waals surface area (Å²) in [6, 6.07) is 10.3. The Kier molecular flexibility index (Phi) is 7.69. The zero-order chi connectivity index (χ0) is 24.2. The average molecular weight is 494 g/mol. The number of phenols is 1. The molecule has 3 rings (SSSR count). The number of halogens is 1. The van der Waals surface area contributed by atoms with Crippen LogP contribution in [0, 0.1) is 6.92 Å². The van der Waals surface area contributed by atoms with Gasteiger partial charge in [0.25, 0.3) is 5.56 Å². The molecule has 0 aliphatic rings. The Bertz CT molecular complexity index is 1330. The Morgan fingerprint density at radius 1 is 1.21 bits per heavy atom. The van der Waals surface area contributed by atoms with Crippen molar-refractivity contribution in [2.45, 2.75) is 31.8 Å². The van der Waals surface area contributed by atoms with Gasteiger partial charge < -0.3 is 9.84 Å². The minimum atomic E-state index is -3.86. The van der Waals surface area contributed by atoms with Crippen LogP contribution in [0.15, 0.2) is 62.4 Å². The summed E-state index contributed by atoms with van der Waals surface area (Å²) < 4.78 is 34.0. The highest BCUT2D eigenvalue weighted by Crippen LogP contribution is 2.30. The van der Waals surface area contributed by atoms with Gasteiger partial charge >= 0.3 is 0 Å². The smallest absolute Gasteiger partial charge is 0.299 e. The summed E-state index contributed by atoms with van der Waals surface area (Å²) in [5, 5.41) is 21.3. The van der Waals surface area contributed by atoms with Gasteiger partial charge in [-0.1, -0.05) is 17.7 Å². The lowest BCUT2D eigenvalue weighted by Crippen LogP contribution is -2.28. The molecule has 0 amide bonds. The monoisotopic (exact) mass is 493 g/mol. The highest BCUT2D eigenvalue weighted by atomic mass is 35.5. The van der Waals surface area contributed by atoms with Gasteiger partial charge in [-0.3, -0.25) is 9.89 Å². The fourth-order valence-electron chi connectivity index (χ4n) is 2.86. The summed E-state index contributed by atoms with van der Waals surface area (Å²) in [7, 11) is -3.86. The molecule has 1 aromatic heterocycles. The molecule has 0 saturated carbocycles. The molecule has 33 heavy (non-hydrogen) atoms. The molecule has 12 heteroatoms. The standard InChI is InChI=1S/C21H24ClN5O5S/c1-13(2)32-10-9-23-33(30,31)17-7-8-19(28)18(12-17)24-25-20-14(3)26-27(21(20)29)16-6-4-5-15(22)11-16/h4-8,11-13,23,26,28H,9-10H2,1-3H3. The first-order valence-corrected chi connectivity index (χ1v) is 11.9. The molecule has 0 radical (unpaired) electrons. The molecule has 0 aliphatic carbocycles. The average Bonchev–Trinajstić information content (AvgIpc) is 3.04. The zero-order valence-electron chi connectivity index (χ0n) is 18.2. The lowest BCUT2D eigenvalue weighted by Gasteiger charge is -2.10. The Morgan fingerprint density at radius 3 is 2.67 bits per heavy atom. The zero-order valence-corrected chi connectivity index (χ0v) is 19.8. The second-order valence-electron chi connectivity index (χ2n) is 7.37. The second kappa shape index (κ2) is 10.3. The van der Waals surface area contributed by atoms with E-state index >= 15 is 0 Å². The van der Waals surface area contributed by atoms with Crippen molar-refractivity contribution < 1.29 is 18.3 Å². The van der Waals surface area contributed by atoms with Crippen LogP contribution in [0.25, 0.3) is 5.69 Å². The molecule has 176 valence electrons. The third-order valence-corrected chi connectivity index (χ3v) is 6.16. The van der Waals surface area contributed by atoms with E-state index in [1.54, 1.807) is 31.2 Å². The van der Waals surface area contributed by atoms with E-state index in [0.29, 0.717) is 16.4 Å². The van der Waals surface area contributed by atoms with E-state index in [1.165, 1.54) is 22.9 Å². The van der Waals surface area contributed by atoms with E-state index in [-0.39, 0.29) is 41.3 Å². The van der Waals surface area contributed by atoms with Crippen LogP contribution < -0.4 is 10.3 Å². The van der Waals surface area contributed by atoms with Crippen molar-refractivity contribution in [3.05, 3.63) is 63.5 Å². The van der Waals surface area contributed by atoms with Crippen molar-refractivity contribution in [2.24, 2.45) is 10.2 Å². The minimum absolute atomic E-state index is 0.00611. The summed E-state index contributed by atoms with van der Waals surface area (Å²) in [5.74, 6) is -0.288. The van der Waals surface area contributed by atoms with Gasteiger partial charge in [0, 0.05) is 11.6 Å². The van der Waals surface area contributed by atoms with Gasteiger partial charge in [0.15, 0.2) is 5.69 Å².